The topological polar surface area (TPSA) is 108 Å². The Balaban J connectivity index is 2.14. The normalized spacial score (nSPS) is 15.6. The monoisotopic (exact) mass is 465 g/mol. The second-order valence-electron chi connectivity index (χ2n) is 6.71. The third-order valence-electron chi connectivity index (χ3n) is 4.28. The first-order valence-electron chi connectivity index (χ1n) is 10.3. The molecule has 0 spiro atoms. The van der Waals surface area contributed by atoms with Gasteiger partial charge in [0, 0.05) is 0 Å². The van der Waals surface area contributed by atoms with Crippen LogP contribution in [0, 0.1) is 0 Å². The van der Waals surface area contributed by atoms with Crippen LogP contribution in [0.3, 0.4) is 0 Å². The fraction of sp³-hybridized carbons (Fsp3) is 0.455. The fourth-order valence-corrected chi connectivity index (χ4v) is 3.44. The highest BCUT2D eigenvalue weighted by molar-refractivity contribution is 8.18. The highest BCUT2D eigenvalue weighted by Gasteiger charge is 2.36. The molecule has 0 saturated carbocycles. The second kappa shape index (κ2) is 12.1. The van der Waals surface area contributed by atoms with Crippen LogP contribution in [-0.4, -0.2) is 60.5 Å². The van der Waals surface area contributed by atoms with Gasteiger partial charge >= 0.3 is 11.9 Å². The van der Waals surface area contributed by atoms with Gasteiger partial charge in [-0.3, -0.25) is 19.3 Å². The molecule has 1 heterocycles. The molecule has 0 radical (unpaired) electrons. The number of hydrogen-bond acceptors (Lipinski definition) is 9. The first-order chi connectivity index (χ1) is 15.3. The second-order valence-corrected chi connectivity index (χ2v) is 7.70. The number of hydrogen-bond donors (Lipinski definition) is 0. The van der Waals surface area contributed by atoms with Crippen molar-refractivity contribution < 1.29 is 38.1 Å². The molecule has 1 aromatic carbocycles. The molecule has 32 heavy (non-hydrogen) atoms. The number of esters is 2. The van der Waals surface area contributed by atoms with E-state index in [1.54, 1.807) is 39.0 Å². The molecule has 1 aliphatic heterocycles. The highest BCUT2D eigenvalue weighted by Crippen LogP contribution is 2.34. The maximum Gasteiger partial charge on any atom is 0.344 e. The summed E-state index contributed by atoms with van der Waals surface area (Å²) in [7, 11) is 0. The molecule has 2 amide bonds. The van der Waals surface area contributed by atoms with Gasteiger partial charge in [-0.2, -0.15) is 0 Å². The molecular weight excluding hydrogens is 438 g/mol. The van der Waals surface area contributed by atoms with E-state index in [1.807, 2.05) is 6.92 Å². The Labute approximate surface area is 191 Å². The number of benzene rings is 1. The van der Waals surface area contributed by atoms with Crippen molar-refractivity contribution in [2.75, 3.05) is 26.4 Å². The Morgan fingerprint density at radius 3 is 2.47 bits per heavy atom. The van der Waals surface area contributed by atoms with Crippen LogP contribution in [0.15, 0.2) is 23.1 Å². The Hall–Kier alpha value is -3.01. The average molecular weight is 466 g/mol. The number of carbonyl (C=O) groups is 4. The number of thioether (sulfide) groups is 1. The minimum Gasteiger partial charge on any atom is -0.490 e. The molecular formula is C22H27NO8S. The van der Waals surface area contributed by atoms with Crippen LogP contribution in [0.1, 0.15) is 39.7 Å². The van der Waals surface area contributed by atoms with Gasteiger partial charge in [-0.15, -0.1) is 0 Å². The largest absolute Gasteiger partial charge is 0.490 e. The van der Waals surface area contributed by atoms with Crippen LogP contribution >= 0.6 is 11.8 Å². The third kappa shape index (κ3) is 7.01. The molecule has 2 rings (SSSR count). The Morgan fingerprint density at radius 1 is 1.06 bits per heavy atom. The number of rotatable bonds is 11. The minimum atomic E-state index is -0.635. The van der Waals surface area contributed by atoms with Crippen molar-refractivity contribution in [1.29, 1.82) is 0 Å². The predicted octanol–water partition coefficient (Wildman–Crippen LogP) is 3.41. The smallest absolute Gasteiger partial charge is 0.344 e. The van der Waals surface area contributed by atoms with E-state index in [0.29, 0.717) is 30.1 Å². The number of ether oxygens (including phenoxy) is 4. The van der Waals surface area contributed by atoms with Gasteiger partial charge in [0.15, 0.2) is 18.1 Å². The molecule has 1 aliphatic rings. The summed E-state index contributed by atoms with van der Waals surface area (Å²) in [6, 6.07) is 4.90. The van der Waals surface area contributed by atoms with Crippen LogP contribution < -0.4 is 9.47 Å². The maximum absolute atomic E-state index is 12.6. The molecule has 0 aromatic heterocycles. The SMILES string of the molecule is CCOC(=O)COc1ccc(/C=C2\SC(=O)N(CC(=O)O[C@@H](C)CC)C2=O)cc1OCC. The number of nitrogens with zero attached hydrogens (tertiary/aromatic N) is 1. The molecule has 0 N–H and O–H groups in total. The summed E-state index contributed by atoms with van der Waals surface area (Å²) in [5.41, 5.74) is 0.588. The van der Waals surface area contributed by atoms with E-state index in [0.717, 1.165) is 16.7 Å². The predicted molar refractivity (Wildman–Crippen MR) is 118 cm³/mol. The average Bonchev–Trinajstić information content (AvgIpc) is 3.00. The van der Waals surface area contributed by atoms with Crippen LogP contribution in [0.2, 0.25) is 0 Å². The summed E-state index contributed by atoms with van der Waals surface area (Å²) in [4.78, 5) is 49.4. The minimum absolute atomic E-state index is 0.175. The van der Waals surface area contributed by atoms with Crippen molar-refractivity contribution in [3.8, 4) is 11.5 Å². The molecule has 1 aromatic rings. The van der Waals surface area contributed by atoms with E-state index in [1.165, 1.54) is 6.08 Å². The first-order valence-corrected chi connectivity index (χ1v) is 11.1. The molecule has 1 atom stereocenters. The molecule has 1 saturated heterocycles. The zero-order chi connectivity index (χ0) is 23.7. The molecule has 9 nitrogen and oxygen atoms in total. The summed E-state index contributed by atoms with van der Waals surface area (Å²) >= 11 is 0.744. The summed E-state index contributed by atoms with van der Waals surface area (Å²) < 4.78 is 21.0. The Kier molecular flexibility index (Phi) is 9.58. The standard InChI is InChI=1S/C22H27NO8S/c1-5-14(4)31-19(24)12-23-21(26)18(32-22(23)27)11-15-8-9-16(17(10-15)28-6-2)30-13-20(25)29-7-3/h8-11,14H,5-7,12-13H2,1-4H3/b18-11-/t14-/m0/s1. The van der Waals surface area contributed by atoms with Crippen molar-refractivity contribution >= 4 is 40.9 Å². The van der Waals surface area contributed by atoms with E-state index < -0.39 is 29.6 Å². The maximum atomic E-state index is 12.6. The Bertz CT molecular complexity index is 898. The number of carbonyl (C=O) groups excluding carboxylic acids is 4. The van der Waals surface area contributed by atoms with Crippen molar-refractivity contribution in [2.24, 2.45) is 0 Å². The van der Waals surface area contributed by atoms with E-state index in [4.69, 9.17) is 18.9 Å². The Morgan fingerprint density at radius 2 is 1.81 bits per heavy atom. The zero-order valence-electron chi connectivity index (χ0n) is 18.5. The summed E-state index contributed by atoms with van der Waals surface area (Å²) in [5.74, 6) is -0.981. The van der Waals surface area contributed by atoms with Crippen molar-refractivity contribution in [3.05, 3.63) is 28.7 Å². The third-order valence-corrected chi connectivity index (χ3v) is 5.19. The number of imide groups is 1. The first kappa shape index (κ1) is 25.3. The zero-order valence-corrected chi connectivity index (χ0v) is 19.4. The summed E-state index contributed by atoms with van der Waals surface area (Å²) in [6.45, 7) is 7.01. The summed E-state index contributed by atoms with van der Waals surface area (Å²) in [6.07, 6.45) is 1.87. The van der Waals surface area contributed by atoms with E-state index >= 15 is 0 Å². The lowest BCUT2D eigenvalue weighted by Crippen LogP contribution is -2.35. The van der Waals surface area contributed by atoms with Gasteiger partial charge in [-0.1, -0.05) is 13.0 Å². The molecule has 0 bridgehead atoms. The van der Waals surface area contributed by atoms with Crippen LogP contribution in [0.4, 0.5) is 4.79 Å². The number of amides is 2. The van der Waals surface area contributed by atoms with Crippen molar-refractivity contribution in [2.45, 2.75) is 40.2 Å². The lowest BCUT2D eigenvalue weighted by Gasteiger charge is -2.15. The molecule has 0 aliphatic carbocycles. The van der Waals surface area contributed by atoms with Gasteiger partial charge in [-0.05, 0) is 62.7 Å². The van der Waals surface area contributed by atoms with Gasteiger partial charge in [-0.25, -0.2) is 4.79 Å². The van der Waals surface area contributed by atoms with Crippen LogP contribution in [-0.2, 0) is 23.9 Å². The van der Waals surface area contributed by atoms with Gasteiger partial charge in [0.2, 0.25) is 0 Å². The molecule has 0 unspecified atom stereocenters. The quantitative estimate of drug-likeness (QED) is 0.359. The van der Waals surface area contributed by atoms with Crippen molar-refractivity contribution in [1.82, 2.24) is 4.90 Å². The van der Waals surface area contributed by atoms with Crippen molar-refractivity contribution in [3.63, 3.8) is 0 Å². The van der Waals surface area contributed by atoms with Gasteiger partial charge < -0.3 is 18.9 Å². The molecule has 174 valence electrons. The summed E-state index contributed by atoms with van der Waals surface area (Å²) in [5, 5.41) is -0.540. The fourth-order valence-electron chi connectivity index (χ4n) is 2.60. The van der Waals surface area contributed by atoms with E-state index in [2.05, 4.69) is 0 Å². The van der Waals surface area contributed by atoms with Gasteiger partial charge in [0.25, 0.3) is 11.1 Å². The lowest BCUT2D eigenvalue weighted by molar-refractivity contribution is -0.150. The lowest BCUT2D eigenvalue weighted by atomic mass is 10.2. The van der Waals surface area contributed by atoms with Crippen LogP contribution in [0.25, 0.3) is 6.08 Å². The van der Waals surface area contributed by atoms with Crippen LogP contribution in [0.5, 0.6) is 11.5 Å². The van der Waals surface area contributed by atoms with Gasteiger partial charge in [0.1, 0.15) is 6.54 Å². The molecule has 10 heteroatoms. The highest BCUT2D eigenvalue weighted by atomic mass is 32.2. The molecule has 1 fully saturated rings. The van der Waals surface area contributed by atoms with Gasteiger partial charge in [0.05, 0.1) is 24.2 Å². The van der Waals surface area contributed by atoms with E-state index in [9.17, 15) is 19.2 Å². The van der Waals surface area contributed by atoms with E-state index in [-0.39, 0.29) is 24.2 Å².